The summed E-state index contributed by atoms with van der Waals surface area (Å²) in [7, 11) is 37.7. The van der Waals surface area contributed by atoms with Gasteiger partial charge < -0.3 is 119 Å². The van der Waals surface area contributed by atoms with Crippen molar-refractivity contribution in [2.75, 3.05) is 181 Å². The minimum Gasteiger partial charge on any atom is -0.497 e. The molecule has 772 valence electrons. The van der Waals surface area contributed by atoms with E-state index in [1.807, 2.05) is 31.4 Å². The Balaban J connectivity index is 0.0000000905. The van der Waals surface area contributed by atoms with Gasteiger partial charge in [-0.2, -0.15) is 0 Å². The number of Topliss-reactive ketones (excluding diaryl/α,β-unsaturated/α-hetero) is 1. The van der Waals surface area contributed by atoms with Gasteiger partial charge in [-0.3, -0.25) is 9.69 Å². The number of halogens is 1. The Labute approximate surface area is 856 Å². The second kappa shape index (κ2) is 34.8. The van der Waals surface area contributed by atoms with Crippen LogP contribution in [-0.2, 0) is 114 Å². The van der Waals surface area contributed by atoms with Gasteiger partial charge >= 0.3 is 0 Å². The van der Waals surface area contributed by atoms with Crippen molar-refractivity contribution in [3.05, 3.63) is 175 Å². The fraction of sp³-hybridized carbons (Fsp3) is 0.629. The molecule has 0 radical (unpaired) electrons. The number of nitrogens with zero attached hydrogens (tertiary/aromatic N) is 6. The van der Waals surface area contributed by atoms with Crippen molar-refractivity contribution < 1.29 is 99.5 Å². The summed E-state index contributed by atoms with van der Waals surface area (Å²) < 4.78 is 120. The summed E-state index contributed by atoms with van der Waals surface area (Å²) in [6.45, 7) is 6.47. The van der Waals surface area contributed by atoms with E-state index in [9.17, 15) is 4.79 Å². The lowest BCUT2D eigenvalue weighted by Crippen LogP contribution is -2.73. The standard InChI is InChI=1S/C20H26BrNO4.C20H27NO4.C20H25NO4.C19H25NO3.C19H21NO3.C18H21NO3/c1-22-8-7-19-12-10-15(21)20(24-3,25-4)18(19)26-17-14(23-2)6-5-11(16(17)19)9-13(12)22;2*1-21-10-9-19-13-7-8-20(23-3,24-4)18(19)25-17-15(22-2)6-5-12(16(17)19)11-14(13)21;2*1-20-9-8-19-12-5-7-15(22-3)18(19)23-17-14(21-2)6-4-11(16(17)19)10-13(12)20;1-19-8-7-18-11-4-5-13(20)17(18)22-16-14(21-2)6-3-10(15(16)18)9-12(11)19/h5-6,12-13,15,18H,7-10H2,1-4H3;5-6,13-14,18H,7-11H2,1-4H3;5-8,13-14,18H,9-11H2,1-4H3;4,6,12-13,15,18H,5,7-10H2,1-3H3;4-7,13,18H,8-10H2,1-3H3;3,6,11-12,17H,4-5,7-9H2,1-2H3. The van der Waals surface area contributed by atoms with E-state index in [1.54, 1.807) is 92.4 Å². The van der Waals surface area contributed by atoms with Gasteiger partial charge in [0, 0.05) is 160 Å². The molecule has 28 heteroatoms. The Morgan fingerprint density at radius 1 is 0.354 bits per heavy atom. The highest BCUT2D eigenvalue weighted by Gasteiger charge is 2.77. The molecular weight excluding hydrogens is 1890 g/mol. The van der Waals surface area contributed by atoms with Crippen molar-refractivity contribution in [1.29, 1.82) is 0 Å². The molecule has 25 unspecified atom stereocenters. The number of hydrogen-bond donors (Lipinski definition) is 0. The number of alkyl halides is 1. The number of ketones is 1. The van der Waals surface area contributed by atoms with E-state index >= 15 is 0 Å². The van der Waals surface area contributed by atoms with Crippen LogP contribution in [0.5, 0.6) is 69.0 Å². The molecule has 25 atom stereocenters. The Bertz CT molecular complexity index is 6220. The van der Waals surface area contributed by atoms with Crippen molar-refractivity contribution in [3.8, 4) is 69.0 Å². The Morgan fingerprint density at radius 3 is 1.27 bits per heavy atom. The summed E-state index contributed by atoms with van der Waals surface area (Å²) in [6, 6.07) is 28.8. The van der Waals surface area contributed by atoms with Gasteiger partial charge in [0.2, 0.25) is 17.4 Å². The van der Waals surface area contributed by atoms with Crippen LogP contribution in [0.4, 0.5) is 0 Å². The number of rotatable bonds is 14. The van der Waals surface area contributed by atoms with Gasteiger partial charge in [0.05, 0.1) is 71.5 Å². The van der Waals surface area contributed by atoms with E-state index in [0.29, 0.717) is 72.3 Å². The first-order valence-corrected chi connectivity index (χ1v) is 53.8. The largest absolute Gasteiger partial charge is 0.497 e. The number of ether oxygens (including phenoxy) is 20. The SMILES string of the molecule is COC1=CC=C2C3Cc4ccc(OC)c5c4C2(CCN3C)C1O5.COc1ccc2c3c1OC1C(=O)CCC4C(C2)N(C)CCC314.COc1ccc2c3c1OC1C(OC)(OC)C(Br)CC4C(C2)N(C)CCC341.COc1ccc2c3c1OC1C(OC)(OC)C=CC4C(C2)N(C)CCC341.COc1ccc2c3c1OC1C(OC)(OC)CCC4C(C2)N(C)CCC341.COc1ccc2c3c1OC1C(OC)CCC4C(C2)N(C)CCC341. The number of likely N-dealkylation sites (tertiary alicyclic amines) is 6. The zero-order chi connectivity index (χ0) is 99.7. The predicted octanol–water partition coefficient (Wildman–Crippen LogP) is 13.9. The van der Waals surface area contributed by atoms with Crippen LogP contribution in [0.15, 0.2) is 108 Å². The summed E-state index contributed by atoms with van der Waals surface area (Å²) in [4.78, 5) is 27.8. The lowest BCUT2D eigenvalue weighted by atomic mass is 9.50. The van der Waals surface area contributed by atoms with Gasteiger partial charge in [0.1, 0.15) is 11.9 Å². The number of allylic oxidation sites excluding steroid dienone is 2. The zero-order valence-electron chi connectivity index (χ0n) is 87.5. The molecule has 12 aliphatic heterocycles. The van der Waals surface area contributed by atoms with Crippen LogP contribution in [0.3, 0.4) is 0 Å². The van der Waals surface area contributed by atoms with E-state index in [1.165, 1.54) is 85.2 Å². The predicted molar refractivity (Wildman–Crippen MR) is 544 cm³/mol. The van der Waals surface area contributed by atoms with Gasteiger partial charge in [-0.25, -0.2) is 0 Å². The summed E-state index contributed by atoms with van der Waals surface area (Å²) in [5, 5.41) is 0. The smallest absolute Gasteiger partial charge is 0.226 e. The van der Waals surface area contributed by atoms with E-state index < -0.39 is 17.4 Å². The summed E-state index contributed by atoms with van der Waals surface area (Å²) in [6.07, 6.45) is 28.1. The number of carbonyl (C=O) groups excluding carboxylic acids is 1. The lowest BCUT2D eigenvalue weighted by Gasteiger charge is -2.62. The number of piperidine rings is 6. The number of hydrogen-bond acceptors (Lipinski definition) is 27. The molecule has 0 N–H and O–H groups in total. The molecule has 0 amide bonds. The van der Waals surface area contributed by atoms with Gasteiger partial charge in [-0.05, 0) is 302 Å². The fourth-order valence-electron chi connectivity index (χ4n) is 35.4. The van der Waals surface area contributed by atoms with Crippen molar-refractivity contribution in [1.82, 2.24) is 29.4 Å². The summed E-state index contributed by atoms with van der Waals surface area (Å²) in [5.74, 6) is 12.0. The second-order valence-corrected chi connectivity index (χ2v) is 46.8. The van der Waals surface area contributed by atoms with Gasteiger partial charge in [-0.1, -0.05) is 64.5 Å². The Kier molecular flexibility index (Phi) is 23.3. The van der Waals surface area contributed by atoms with Crippen LogP contribution in [0.2, 0.25) is 0 Å². The third-order valence-electron chi connectivity index (χ3n) is 41.8. The van der Waals surface area contributed by atoms with Crippen LogP contribution in [0.1, 0.15) is 150 Å². The van der Waals surface area contributed by atoms with Crippen LogP contribution >= 0.6 is 15.9 Å². The van der Waals surface area contributed by atoms with E-state index in [-0.39, 0.29) is 85.8 Å². The number of likely N-dealkylation sites (N-methyl/N-ethyl adjacent to an activating group) is 6. The fourth-order valence-corrected chi connectivity index (χ4v) is 36.4. The quantitative estimate of drug-likeness (QED) is 0.0562. The Hall–Kier alpha value is -8.43. The molecule has 30 rings (SSSR count). The normalized spacial score (nSPS) is 37.6. The van der Waals surface area contributed by atoms with E-state index in [2.05, 4.69) is 160 Å². The summed E-state index contributed by atoms with van der Waals surface area (Å²) >= 11 is 3.90. The van der Waals surface area contributed by atoms with Crippen LogP contribution in [0, 0.1) is 29.6 Å². The molecule has 6 spiro atoms. The molecule has 6 aromatic carbocycles. The molecule has 12 bridgehead atoms. The van der Waals surface area contributed by atoms with Crippen LogP contribution in [-0.4, -0.2) is 317 Å². The van der Waals surface area contributed by atoms with Crippen LogP contribution < -0.4 is 56.8 Å². The zero-order valence-corrected chi connectivity index (χ0v) is 89.1. The molecule has 6 saturated heterocycles. The number of methoxy groups -OCH3 is 14. The molecule has 12 heterocycles. The number of carbonyl (C=O) groups is 1. The first-order valence-electron chi connectivity index (χ1n) is 52.9. The first-order chi connectivity index (χ1) is 69.8. The maximum atomic E-state index is 12.6. The van der Waals surface area contributed by atoms with Crippen molar-refractivity contribution in [2.45, 2.75) is 256 Å². The molecule has 27 nitrogen and oxygen atoms in total. The van der Waals surface area contributed by atoms with Crippen LogP contribution in [0.25, 0.3) is 0 Å². The molecule has 24 aliphatic rings. The monoisotopic (exact) mass is 2040 g/mol. The maximum Gasteiger partial charge on any atom is 0.226 e. The Morgan fingerprint density at radius 2 is 0.764 bits per heavy atom. The third-order valence-corrected chi connectivity index (χ3v) is 42.8. The van der Waals surface area contributed by atoms with Gasteiger partial charge in [-0.15, -0.1) is 0 Å². The van der Waals surface area contributed by atoms with E-state index in [4.69, 9.17) is 94.7 Å². The van der Waals surface area contributed by atoms with Crippen molar-refractivity contribution in [2.24, 2.45) is 29.6 Å². The molecule has 0 aromatic heterocycles. The highest BCUT2D eigenvalue weighted by atomic mass is 79.9. The second-order valence-electron chi connectivity index (χ2n) is 45.7. The number of benzene rings is 6. The summed E-state index contributed by atoms with van der Waals surface area (Å²) in [5.41, 5.74) is 17.8. The average Bonchev–Trinajstić information content (AvgIpc) is 1.48. The molecule has 4 saturated carbocycles. The average molecular weight is 2040 g/mol. The lowest BCUT2D eigenvalue weighted by molar-refractivity contribution is -0.292. The first kappa shape index (κ1) is 96.4. The highest BCUT2D eigenvalue weighted by Crippen LogP contribution is 2.73. The van der Waals surface area contributed by atoms with Gasteiger partial charge in [0.15, 0.2) is 105 Å². The molecule has 6 aromatic rings. The minimum absolute atomic E-state index is 0.0289. The minimum atomic E-state index is -0.865. The third kappa shape index (κ3) is 12.4. The van der Waals surface area contributed by atoms with E-state index in [0.717, 1.165) is 217 Å². The molecule has 10 fully saturated rings. The molecular formula is C116H145BrN6O21. The molecule has 144 heavy (non-hydrogen) atoms. The maximum absolute atomic E-state index is 12.6. The highest BCUT2D eigenvalue weighted by molar-refractivity contribution is 9.09. The van der Waals surface area contributed by atoms with Gasteiger partial charge in [0.25, 0.3) is 0 Å². The van der Waals surface area contributed by atoms with Crippen molar-refractivity contribution in [3.63, 3.8) is 0 Å². The molecule has 12 aliphatic carbocycles. The topological polar surface area (TPSA) is 221 Å². The van der Waals surface area contributed by atoms with Crippen molar-refractivity contribution >= 4 is 21.7 Å².